The van der Waals surface area contributed by atoms with Crippen LogP contribution in [0, 0.1) is 0 Å². The zero-order chi connectivity index (χ0) is 25.1. The number of hydrazine groups is 1. The van der Waals surface area contributed by atoms with E-state index in [1.165, 1.54) is 0 Å². The number of rotatable bonds is 2. The van der Waals surface area contributed by atoms with Crippen molar-refractivity contribution in [2.75, 3.05) is 44.9 Å². The number of hydrogen-bond acceptors (Lipinski definition) is 7. The number of carbonyl (C=O) groups excluding carboxylic acids is 1. The molecule has 0 saturated carbocycles. The van der Waals surface area contributed by atoms with E-state index in [-0.39, 0.29) is 23.2 Å². The summed E-state index contributed by atoms with van der Waals surface area (Å²) in [5.41, 5.74) is 6.38. The number of ether oxygens (including phenoxy) is 2. The molecule has 1 aromatic carbocycles. The number of aromatic nitrogens is 2. The highest BCUT2D eigenvalue weighted by Crippen LogP contribution is 2.31. The molecule has 1 fully saturated rings. The van der Waals surface area contributed by atoms with Crippen molar-refractivity contribution < 1.29 is 14.3 Å². The Bertz CT molecular complexity index is 1290. The molecule has 1 unspecified atom stereocenters. The number of hydrogen-bond donors (Lipinski definition) is 2. The summed E-state index contributed by atoms with van der Waals surface area (Å²) in [6.45, 7) is 5.45. The third kappa shape index (κ3) is 4.94. The molecule has 36 heavy (non-hydrogen) atoms. The summed E-state index contributed by atoms with van der Waals surface area (Å²) in [6, 6.07) is 3.97. The lowest BCUT2D eigenvalue weighted by atomic mass is 10.1. The minimum absolute atomic E-state index is 0.00320. The number of fused-ring (bicyclic) bond motifs is 3. The summed E-state index contributed by atoms with van der Waals surface area (Å²) in [7, 11) is 1.76. The third-order valence-corrected chi connectivity index (χ3v) is 6.90. The van der Waals surface area contributed by atoms with Crippen molar-refractivity contribution in [3.05, 3.63) is 58.1 Å². The first-order chi connectivity index (χ1) is 17.5. The molecule has 1 saturated heterocycles. The lowest BCUT2D eigenvalue weighted by molar-refractivity contribution is -0.132. The van der Waals surface area contributed by atoms with E-state index >= 15 is 0 Å². The lowest BCUT2D eigenvalue weighted by Gasteiger charge is -2.29. The van der Waals surface area contributed by atoms with Gasteiger partial charge in [0, 0.05) is 49.1 Å². The molecule has 9 nitrogen and oxygen atoms in total. The van der Waals surface area contributed by atoms with Crippen LogP contribution in [0.15, 0.2) is 46.8 Å². The molecular weight excluding hydrogens is 458 g/mol. The molecule has 2 aliphatic heterocycles. The van der Waals surface area contributed by atoms with E-state index in [1.807, 2.05) is 37.3 Å². The van der Waals surface area contributed by atoms with Crippen LogP contribution in [0.1, 0.15) is 38.3 Å². The van der Waals surface area contributed by atoms with Crippen LogP contribution in [0.3, 0.4) is 0 Å². The van der Waals surface area contributed by atoms with Gasteiger partial charge in [0.15, 0.2) is 0 Å². The Kier molecular flexibility index (Phi) is 7.20. The van der Waals surface area contributed by atoms with Crippen LogP contribution in [-0.4, -0.2) is 66.9 Å². The number of anilines is 1. The summed E-state index contributed by atoms with van der Waals surface area (Å²) in [6.07, 6.45) is 10.6. The molecule has 2 aromatic rings. The number of carbonyl (C=O) groups is 1. The van der Waals surface area contributed by atoms with E-state index in [9.17, 15) is 9.59 Å². The minimum Gasteiger partial charge on any atom is -0.491 e. The Morgan fingerprint density at radius 1 is 1.11 bits per heavy atom. The number of nitrogens with zero attached hydrogens (tertiary/aromatic N) is 3. The van der Waals surface area contributed by atoms with Gasteiger partial charge in [-0.2, -0.15) is 0 Å². The molecule has 1 amide bonds. The maximum absolute atomic E-state index is 13.4. The highest BCUT2D eigenvalue weighted by atomic mass is 16.5. The fourth-order valence-electron chi connectivity index (χ4n) is 4.93. The molecule has 3 heterocycles. The summed E-state index contributed by atoms with van der Waals surface area (Å²) in [4.78, 5) is 36.7. The summed E-state index contributed by atoms with van der Waals surface area (Å²) in [5, 5.41) is 1.66. The number of allylic oxidation sites excluding steroid dienone is 4. The fourth-order valence-corrected chi connectivity index (χ4v) is 4.93. The van der Waals surface area contributed by atoms with Gasteiger partial charge < -0.3 is 19.4 Å². The number of nitrogens with one attached hydrogen (secondary N) is 2. The maximum atomic E-state index is 13.4. The van der Waals surface area contributed by atoms with Gasteiger partial charge >= 0.3 is 0 Å². The van der Waals surface area contributed by atoms with E-state index in [0.717, 1.165) is 38.0 Å². The standard InChI is InChI=1S/C27H33N5O4/c1-18-7-5-6-12-36-23-17-21(31-10-13-35-14-11-31)16-22-25(23)30-24(26(33)29-22)19-8-3-4-9-20(15-19)27(34)32(18)28-2/h4,8-9,15-18,28H,3,5-7,10-14H2,1-2H3,(H,29,33). The first-order valence-corrected chi connectivity index (χ1v) is 12.7. The van der Waals surface area contributed by atoms with Crippen molar-refractivity contribution in [2.45, 2.75) is 38.6 Å². The molecule has 5 rings (SSSR count). The summed E-state index contributed by atoms with van der Waals surface area (Å²) < 4.78 is 11.8. The molecule has 3 aliphatic rings. The van der Waals surface area contributed by atoms with E-state index in [2.05, 4.69) is 15.3 Å². The molecular formula is C27H33N5O4. The quantitative estimate of drug-likeness (QED) is 0.666. The van der Waals surface area contributed by atoms with Crippen molar-refractivity contribution in [2.24, 2.45) is 0 Å². The molecule has 2 N–H and O–H groups in total. The molecule has 1 atom stereocenters. The van der Waals surface area contributed by atoms with Crippen LogP contribution in [0.25, 0.3) is 16.6 Å². The topological polar surface area (TPSA) is 99.8 Å². The van der Waals surface area contributed by atoms with Crippen molar-refractivity contribution in [1.29, 1.82) is 0 Å². The van der Waals surface area contributed by atoms with Crippen molar-refractivity contribution in [3.8, 4) is 5.75 Å². The number of amides is 1. The van der Waals surface area contributed by atoms with Crippen LogP contribution in [0.2, 0.25) is 0 Å². The van der Waals surface area contributed by atoms with E-state index < -0.39 is 0 Å². The van der Waals surface area contributed by atoms with Gasteiger partial charge in [0.1, 0.15) is 17.0 Å². The first kappa shape index (κ1) is 24.3. The van der Waals surface area contributed by atoms with E-state index in [4.69, 9.17) is 14.5 Å². The normalized spacial score (nSPS) is 21.4. The zero-order valence-electron chi connectivity index (χ0n) is 20.9. The molecule has 1 aromatic heterocycles. The van der Waals surface area contributed by atoms with Gasteiger partial charge in [-0.1, -0.05) is 18.2 Å². The summed E-state index contributed by atoms with van der Waals surface area (Å²) in [5.74, 6) is 0.520. The average molecular weight is 492 g/mol. The Balaban J connectivity index is 1.64. The van der Waals surface area contributed by atoms with Crippen molar-refractivity contribution >= 4 is 28.2 Å². The van der Waals surface area contributed by atoms with Gasteiger partial charge in [-0.15, -0.1) is 0 Å². The first-order valence-electron chi connectivity index (χ1n) is 12.7. The van der Waals surface area contributed by atoms with Gasteiger partial charge in [-0.05, 0) is 44.7 Å². The van der Waals surface area contributed by atoms with E-state index in [1.54, 1.807) is 18.1 Å². The highest BCUT2D eigenvalue weighted by molar-refractivity contribution is 5.99. The Morgan fingerprint density at radius 2 is 1.94 bits per heavy atom. The van der Waals surface area contributed by atoms with E-state index in [0.29, 0.717) is 54.2 Å². The lowest BCUT2D eigenvalue weighted by Crippen LogP contribution is -2.47. The molecule has 190 valence electrons. The minimum atomic E-state index is -0.299. The third-order valence-electron chi connectivity index (χ3n) is 6.90. The largest absolute Gasteiger partial charge is 0.491 e. The van der Waals surface area contributed by atoms with Crippen molar-refractivity contribution in [3.63, 3.8) is 0 Å². The van der Waals surface area contributed by atoms with Gasteiger partial charge in [0.2, 0.25) is 0 Å². The molecule has 1 aliphatic carbocycles. The summed E-state index contributed by atoms with van der Waals surface area (Å²) >= 11 is 0. The van der Waals surface area contributed by atoms with Gasteiger partial charge in [-0.25, -0.2) is 10.4 Å². The van der Waals surface area contributed by atoms with Crippen molar-refractivity contribution in [1.82, 2.24) is 20.4 Å². The maximum Gasteiger partial charge on any atom is 0.274 e. The fraction of sp³-hybridized carbons (Fsp3) is 0.444. The Hall–Kier alpha value is -3.43. The predicted octanol–water partition coefficient (Wildman–Crippen LogP) is 2.94. The molecule has 0 radical (unpaired) electrons. The Morgan fingerprint density at radius 3 is 2.75 bits per heavy atom. The molecule has 9 heteroatoms. The SMILES string of the molecule is CNN1C(=O)C2=CC(=CCC=C2)c2nc3c(cc(N4CCOCC4)cc3[nH]c2=O)OCCCCC1C. The van der Waals surface area contributed by atoms with Crippen LogP contribution in [-0.2, 0) is 9.53 Å². The number of H-pyrrole nitrogens is 1. The number of morpholine rings is 1. The van der Waals surface area contributed by atoms with Crippen LogP contribution < -0.4 is 20.6 Å². The number of aromatic amines is 1. The second-order valence-corrected chi connectivity index (χ2v) is 9.34. The smallest absolute Gasteiger partial charge is 0.274 e. The highest BCUT2D eigenvalue weighted by Gasteiger charge is 2.24. The Labute approximate surface area is 210 Å². The van der Waals surface area contributed by atoms with Gasteiger partial charge in [0.25, 0.3) is 11.5 Å². The molecule has 0 spiro atoms. The average Bonchev–Trinajstić information content (AvgIpc) is 3.14. The van der Waals surface area contributed by atoms with Crippen LogP contribution >= 0.6 is 0 Å². The second-order valence-electron chi connectivity index (χ2n) is 9.34. The second kappa shape index (κ2) is 10.7. The number of benzene rings is 1. The monoisotopic (exact) mass is 491 g/mol. The van der Waals surface area contributed by atoms with Crippen LogP contribution in [0.5, 0.6) is 5.75 Å². The van der Waals surface area contributed by atoms with Crippen LogP contribution in [0.4, 0.5) is 5.69 Å². The zero-order valence-corrected chi connectivity index (χ0v) is 20.9. The van der Waals surface area contributed by atoms with Gasteiger partial charge in [-0.3, -0.25) is 14.6 Å². The predicted molar refractivity (Wildman–Crippen MR) is 140 cm³/mol. The van der Waals surface area contributed by atoms with Gasteiger partial charge in [0.05, 0.1) is 25.3 Å². The molecule has 4 bridgehead atoms.